The van der Waals surface area contributed by atoms with Crippen LogP contribution in [-0.2, 0) is 9.59 Å². The van der Waals surface area contributed by atoms with Crippen molar-refractivity contribution in [1.29, 1.82) is 0 Å². The van der Waals surface area contributed by atoms with Gasteiger partial charge in [0.15, 0.2) is 5.69 Å². The summed E-state index contributed by atoms with van der Waals surface area (Å²) < 4.78 is 0. The number of para-hydroxylation sites is 1. The molecule has 33 heavy (non-hydrogen) atoms. The highest BCUT2D eigenvalue weighted by Crippen LogP contribution is 2.63. The smallest absolute Gasteiger partial charge is 0.265 e. The normalized spacial score (nSPS) is 12.1. The first kappa shape index (κ1) is 26.6. The standard InChI is InChI=1S/C27H36N3O2P/c1-9-23(27(32)30-26-20(6)15-22(28-8)16-21(26)7)33(10-2,11-3)17-24(31)29-25-18(4)13-12-14-19(25)5/h12-16,23H,9-11,17H2,1-7H3,(H-,29,30,31,32)/p+1. The Morgan fingerprint density at radius 2 is 1.42 bits per heavy atom. The predicted octanol–water partition coefficient (Wildman–Crippen LogP) is 6.88. The third-order valence-electron chi connectivity index (χ3n) is 6.71. The second-order valence-electron chi connectivity index (χ2n) is 8.80. The molecular weight excluding hydrogens is 429 g/mol. The molecule has 0 aliphatic carbocycles. The minimum Gasteiger partial charge on any atom is -0.322 e. The lowest BCUT2D eigenvalue weighted by molar-refractivity contribution is -0.115. The minimum absolute atomic E-state index is 0.00976. The summed E-state index contributed by atoms with van der Waals surface area (Å²) in [5, 5.41) is 6.28. The van der Waals surface area contributed by atoms with E-state index in [1.165, 1.54) is 0 Å². The molecule has 2 rings (SSSR count). The van der Waals surface area contributed by atoms with Gasteiger partial charge in [-0.3, -0.25) is 9.59 Å². The summed E-state index contributed by atoms with van der Waals surface area (Å²) >= 11 is 0. The van der Waals surface area contributed by atoms with E-state index in [0.717, 1.165) is 46.0 Å². The maximum Gasteiger partial charge on any atom is 0.265 e. The molecule has 176 valence electrons. The van der Waals surface area contributed by atoms with Gasteiger partial charge in [-0.15, -0.1) is 0 Å². The average molecular weight is 467 g/mol. The van der Waals surface area contributed by atoms with Gasteiger partial charge in [-0.05, 0) is 70.2 Å². The molecule has 1 atom stereocenters. The number of carbonyl (C=O) groups excluding carboxylic acids is 2. The number of benzene rings is 2. The number of nitrogens with zero attached hydrogens (tertiary/aromatic N) is 1. The number of anilines is 2. The average Bonchev–Trinajstić information content (AvgIpc) is 2.78. The Hall–Kier alpha value is -2.70. The maximum absolute atomic E-state index is 13.5. The zero-order valence-corrected chi connectivity index (χ0v) is 21.9. The van der Waals surface area contributed by atoms with Crippen LogP contribution in [0.3, 0.4) is 0 Å². The van der Waals surface area contributed by atoms with Crippen molar-refractivity contribution in [2.75, 3.05) is 29.1 Å². The van der Waals surface area contributed by atoms with Crippen molar-refractivity contribution in [2.45, 2.75) is 60.5 Å². The van der Waals surface area contributed by atoms with E-state index in [4.69, 9.17) is 6.57 Å². The van der Waals surface area contributed by atoms with E-state index in [2.05, 4.69) is 29.3 Å². The quantitative estimate of drug-likeness (QED) is 0.312. The molecule has 0 bridgehead atoms. The highest BCUT2D eigenvalue weighted by molar-refractivity contribution is 7.78. The molecule has 0 saturated carbocycles. The molecule has 2 aromatic rings. The Morgan fingerprint density at radius 1 is 0.909 bits per heavy atom. The second kappa shape index (κ2) is 11.4. The lowest BCUT2D eigenvalue weighted by Gasteiger charge is -2.32. The third-order valence-corrected chi connectivity index (χ3v) is 12.1. The van der Waals surface area contributed by atoms with Crippen molar-refractivity contribution in [3.05, 3.63) is 64.0 Å². The summed E-state index contributed by atoms with van der Waals surface area (Å²) in [4.78, 5) is 30.2. The van der Waals surface area contributed by atoms with Gasteiger partial charge in [0.1, 0.15) is 11.8 Å². The maximum atomic E-state index is 13.5. The van der Waals surface area contributed by atoms with Crippen LogP contribution >= 0.6 is 7.26 Å². The van der Waals surface area contributed by atoms with Gasteiger partial charge in [0, 0.05) is 18.6 Å². The first-order valence-electron chi connectivity index (χ1n) is 11.6. The van der Waals surface area contributed by atoms with Gasteiger partial charge in [0.25, 0.3) is 11.8 Å². The van der Waals surface area contributed by atoms with Crippen LogP contribution < -0.4 is 10.6 Å². The molecule has 0 aromatic heterocycles. The fourth-order valence-electron chi connectivity index (χ4n) is 4.71. The molecular formula is C27H37N3O2P+. The number of nitrogens with one attached hydrogen (secondary N) is 2. The number of carbonyl (C=O) groups is 2. The van der Waals surface area contributed by atoms with Crippen molar-refractivity contribution < 1.29 is 9.59 Å². The van der Waals surface area contributed by atoms with Crippen LogP contribution in [0.4, 0.5) is 17.1 Å². The van der Waals surface area contributed by atoms with E-state index in [1.807, 2.05) is 52.8 Å². The van der Waals surface area contributed by atoms with Gasteiger partial charge in [-0.25, -0.2) is 4.85 Å². The molecule has 0 fully saturated rings. The van der Waals surface area contributed by atoms with E-state index in [0.29, 0.717) is 18.3 Å². The van der Waals surface area contributed by atoms with Crippen LogP contribution in [0.15, 0.2) is 30.3 Å². The van der Waals surface area contributed by atoms with Gasteiger partial charge in [0.05, 0.1) is 18.9 Å². The topological polar surface area (TPSA) is 62.6 Å². The molecule has 2 aromatic carbocycles. The van der Waals surface area contributed by atoms with Gasteiger partial charge in [-0.1, -0.05) is 37.3 Å². The van der Waals surface area contributed by atoms with Crippen molar-refractivity contribution in [1.82, 2.24) is 0 Å². The Morgan fingerprint density at radius 3 is 1.88 bits per heavy atom. The van der Waals surface area contributed by atoms with E-state index in [1.54, 1.807) is 12.1 Å². The Kier molecular flexibility index (Phi) is 9.20. The number of amides is 2. The summed E-state index contributed by atoms with van der Waals surface area (Å²) in [5.41, 5.74) is 5.87. The number of hydrogen-bond acceptors (Lipinski definition) is 2. The Balaban J connectivity index is 2.30. The molecule has 1 unspecified atom stereocenters. The molecule has 0 spiro atoms. The van der Waals surface area contributed by atoms with Crippen LogP contribution in [-0.4, -0.2) is 36.0 Å². The SMILES string of the molecule is [C-]#[N+]c1cc(C)c(NC(=O)C(CC)[P+](CC)(CC)CC(=O)Nc2c(C)cccc2C)c(C)c1. The largest absolute Gasteiger partial charge is 0.322 e. The monoisotopic (exact) mass is 466 g/mol. The second-order valence-corrected chi connectivity index (χ2v) is 13.4. The summed E-state index contributed by atoms with van der Waals surface area (Å²) in [6.45, 7) is 21.3. The first-order chi connectivity index (χ1) is 15.6. The van der Waals surface area contributed by atoms with E-state index in [-0.39, 0.29) is 17.5 Å². The summed E-state index contributed by atoms with van der Waals surface area (Å²) in [5.74, 6) is -0.0272. The molecule has 0 radical (unpaired) electrons. The molecule has 6 heteroatoms. The van der Waals surface area contributed by atoms with Gasteiger partial charge in [0.2, 0.25) is 0 Å². The van der Waals surface area contributed by atoms with Gasteiger partial charge in [-0.2, -0.15) is 0 Å². The lowest BCUT2D eigenvalue weighted by Crippen LogP contribution is -2.36. The molecule has 0 heterocycles. The lowest BCUT2D eigenvalue weighted by atomic mass is 10.1. The summed E-state index contributed by atoms with van der Waals surface area (Å²) in [6, 6.07) is 9.59. The summed E-state index contributed by atoms with van der Waals surface area (Å²) in [6.07, 6.45) is 2.76. The fraction of sp³-hybridized carbons (Fsp3) is 0.444. The molecule has 2 N–H and O–H groups in total. The van der Waals surface area contributed by atoms with E-state index >= 15 is 0 Å². The highest BCUT2D eigenvalue weighted by Gasteiger charge is 2.47. The highest BCUT2D eigenvalue weighted by atomic mass is 31.2. The van der Waals surface area contributed by atoms with Crippen LogP contribution in [0.5, 0.6) is 0 Å². The van der Waals surface area contributed by atoms with Crippen LogP contribution in [0, 0.1) is 34.3 Å². The predicted molar refractivity (Wildman–Crippen MR) is 142 cm³/mol. The molecule has 0 aliphatic rings. The number of aryl methyl sites for hydroxylation is 4. The first-order valence-corrected chi connectivity index (χ1v) is 14.0. The van der Waals surface area contributed by atoms with Crippen LogP contribution in [0.25, 0.3) is 4.85 Å². The number of rotatable bonds is 9. The van der Waals surface area contributed by atoms with Crippen LogP contribution in [0.2, 0.25) is 0 Å². The fourth-order valence-corrected chi connectivity index (χ4v) is 8.69. The van der Waals surface area contributed by atoms with E-state index < -0.39 is 7.26 Å². The molecule has 0 aliphatic heterocycles. The number of hydrogen-bond donors (Lipinski definition) is 2. The molecule has 5 nitrogen and oxygen atoms in total. The van der Waals surface area contributed by atoms with Gasteiger partial charge >= 0.3 is 0 Å². The van der Waals surface area contributed by atoms with Crippen LogP contribution in [0.1, 0.15) is 49.4 Å². The van der Waals surface area contributed by atoms with E-state index in [9.17, 15) is 9.59 Å². The van der Waals surface area contributed by atoms with Crippen molar-refractivity contribution in [3.63, 3.8) is 0 Å². The summed E-state index contributed by atoms with van der Waals surface area (Å²) in [7, 11) is -1.90. The van der Waals surface area contributed by atoms with Crippen molar-refractivity contribution >= 4 is 36.1 Å². The minimum atomic E-state index is -1.90. The third kappa shape index (κ3) is 6.01. The molecule has 2 amide bonds. The Bertz CT molecular complexity index is 1020. The Labute approximate surface area is 199 Å². The zero-order chi connectivity index (χ0) is 24.8. The zero-order valence-electron chi connectivity index (χ0n) is 21.0. The van der Waals surface area contributed by atoms with Crippen molar-refractivity contribution in [3.8, 4) is 0 Å². The van der Waals surface area contributed by atoms with Gasteiger partial charge < -0.3 is 10.6 Å². The van der Waals surface area contributed by atoms with Crippen molar-refractivity contribution in [2.24, 2.45) is 0 Å². The molecule has 0 saturated heterocycles.